The molecular formula is C17H26N4OS. The van der Waals surface area contributed by atoms with Crippen molar-refractivity contribution in [1.29, 1.82) is 0 Å². The molecule has 6 heteroatoms. The van der Waals surface area contributed by atoms with E-state index in [0.717, 1.165) is 22.8 Å². The van der Waals surface area contributed by atoms with Gasteiger partial charge in [-0.05, 0) is 20.8 Å². The number of rotatable bonds is 9. The van der Waals surface area contributed by atoms with E-state index in [1.54, 1.807) is 6.33 Å². The van der Waals surface area contributed by atoms with Gasteiger partial charge >= 0.3 is 0 Å². The molecule has 0 saturated heterocycles. The Hall–Kier alpha value is -1.95. The van der Waals surface area contributed by atoms with Crippen LogP contribution in [-0.4, -0.2) is 32.8 Å². The van der Waals surface area contributed by atoms with Gasteiger partial charge in [0.25, 0.3) is 5.91 Å². The minimum atomic E-state index is -0.167. The second kappa shape index (κ2) is 9.25. The van der Waals surface area contributed by atoms with Crippen molar-refractivity contribution < 1.29 is 4.79 Å². The van der Waals surface area contributed by atoms with Crippen molar-refractivity contribution in [1.82, 2.24) is 19.8 Å². The molecule has 1 heterocycles. The first kappa shape index (κ1) is 19.1. The number of nitrogens with one attached hydrogen (secondary N) is 1. The first-order chi connectivity index (χ1) is 10.9. The topological polar surface area (TPSA) is 50.2 Å². The highest BCUT2D eigenvalue weighted by molar-refractivity contribution is 8.03. The van der Waals surface area contributed by atoms with Crippen molar-refractivity contribution in [2.24, 2.45) is 7.05 Å². The van der Waals surface area contributed by atoms with Gasteiger partial charge in [0, 0.05) is 24.2 Å². The number of aryl methyl sites for hydroxylation is 1. The Morgan fingerprint density at radius 3 is 2.78 bits per heavy atom. The standard InChI is InChI=1S/C17H26N4OS/c1-7-9-14(5)23-12-19-17(22)16-15(20(6)11-18-16)10-21(8-2)13(3)4/h7,9,11H,3,5,8,10,12H2,1-2,4,6H3,(H,19,22)/b9-7-. The van der Waals surface area contributed by atoms with Gasteiger partial charge in [-0.3, -0.25) is 4.79 Å². The summed E-state index contributed by atoms with van der Waals surface area (Å²) in [4.78, 5) is 19.6. The van der Waals surface area contributed by atoms with Crippen LogP contribution in [0.15, 0.2) is 42.2 Å². The smallest absolute Gasteiger partial charge is 0.272 e. The van der Waals surface area contributed by atoms with Gasteiger partial charge in [-0.1, -0.05) is 25.3 Å². The molecule has 0 atom stereocenters. The molecule has 1 amide bonds. The monoisotopic (exact) mass is 334 g/mol. The number of amides is 1. The Kier molecular flexibility index (Phi) is 7.68. The van der Waals surface area contributed by atoms with Gasteiger partial charge in [0.05, 0.1) is 24.4 Å². The normalized spacial score (nSPS) is 10.8. The molecular weight excluding hydrogens is 308 g/mol. The number of thioether (sulfide) groups is 1. The summed E-state index contributed by atoms with van der Waals surface area (Å²) >= 11 is 1.49. The van der Waals surface area contributed by atoms with E-state index in [-0.39, 0.29) is 5.91 Å². The van der Waals surface area contributed by atoms with E-state index in [2.05, 4.69) is 35.3 Å². The number of nitrogens with zero attached hydrogens (tertiary/aromatic N) is 3. The van der Waals surface area contributed by atoms with E-state index in [4.69, 9.17) is 0 Å². The summed E-state index contributed by atoms with van der Waals surface area (Å²) in [6.45, 7) is 15.3. The third-order valence-electron chi connectivity index (χ3n) is 3.38. The summed E-state index contributed by atoms with van der Waals surface area (Å²) in [6.07, 6.45) is 5.50. The van der Waals surface area contributed by atoms with Crippen LogP contribution in [0.3, 0.4) is 0 Å². The maximum Gasteiger partial charge on any atom is 0.272 e. The van der Waals surface area contributed by atoms with E-state index in [1.165, 1.54) is 11.8 Å². The SMILES string of the molecule is C=C(/C=C\C)SCNC(=O)c1ncn(C)c1CN(CC)C(=C)C. The van der Waals surface area contributed by atoms with Crippen LogP contribution < -0.4 is 5.32 Å². The predicted octanol–water partition coefficient (Wildman–Crippen LogP) is 3.29. The van der Waals surface area contributed by atoms with Crippen molar-refractivity contribution in [3.63, 3.8) is 0 Å². The molecule has 1 rings (SSSR count). The van der Waals surface area contributed by atoms with E-state index in [0.29, 0.717) is 18.1 Å². The number of hydrogen-bond donors (Lipinski definition) is 1. The third kappa shape index (κ3) is 5.63. The van der Waals surface area contributed by atoms with Crippen molar-refractivity contribution >= 4 is 17.7 Å². The molecule has 0 aromatic carbocycles. The van der Waals surface area contributed by atoms with Gasteiger partial charge in [-0.25, -0.2) is 4.98 Å². The molecule has 126 valence electrons. The first-order valence-corrected chi connectivity index (χ1v) is 8.52. The van der Waals surface area contributed by atoms with E-state index in [9.17, 15) is 4.79 Å². The maximum atomic E-state index is 12.4. The summed E-state index contributed by atoms with van der Waals surface area (Å²) in [5, 5.41) is 2.88. The Morgan fingerprint density at radius 1 is 1.52 bits per heavy atom. The Morgan fingerprint density at radius 2 is 2.22 bits per heavy atom. The molecule has 5 nitrogen and oxygen atoms in total. The lowest BCUT2D eigenvalue weighted by Gasteiger charge is -2.23. The summed E-state index contributed by atoms with van der Waals surface area (Å²) in [7, 11) is 1.90. The average molecular weight is 334 g/mol. The highest BCUT2D eigenvalue weighted by Gasteiger charge is 2.18. The summed E-state index contributed by atoms with van der Waals surface area (Å²) < 4.78 is 1.88. The highest BCUT2D eigenvalue weighted by atomic mass is 32.2. The first-order valence-electron chi connectivity index (χ1n) is 7.53. The molecule has 0 spiro atoms. The molecule has 0 aliphatic carbocycles. The van der Waals surface area contributed by atoms with Crippen molar-refractivity contribution in [2.75, 3.05) is 12.4 Å². The van der Waals surface area contributed by atoms with Crippen LogP contribution in [0.1, 0.15) is 37.0 Å². The molecule has 0 saturated carbocycles. The summed E-state index contributed by atoms with van der Waals surface area (Å²) in [5.41, 5.74) is 2.31. The highest BCUT2D eigenvalue weighted by Crippen LogP contribution is 2.15. The van der Waals surface area contributed by atoms with Crippen LogP contribution in [0.4, 0.5) is 0 Å². The third-order valence-corrected chi connectivity index (χ3v) is 4.17. The quantitative estimate of drug-likeness (QED) is 0.556. The van der Waals surface area contributed by atoms with Crippen molar-refractivity contribution in [3.8, 4) is 0 Å². The zero-order valence-corrected chi connectivity index (χ0v) is 15.2. The van der Waals surface area contributed by atoms with E-state index in [1.807, 2.05) is 37.6 Å². The number of aromatic nitrogens is 2. The molecule has 0 unspecified atom stereocenters. The van der Waals surface area contributed by atoms with Crippen LogP contribution in [0.25, 0.3) is 0 Å². The summed E-state index contributed by atoms with van der Waals surface area (Å²) in [6, 6.07) is 0. The van der Waals surface area contributed by atoms with Gasteiger partial charge in [-0.2, -0.15) is 0 Å². The van der Waals surface area contributed by atoms with Crippen LogP contribution in [0.2, 0.25) is 0 Å². The maximum absolute atomic E-state index is 12.4. The van der Waals surface area contributed by atoms with Gasteiger partial charge < -0.3 is 14.8 Å². The molecule has 23 heavy (non-hydrogen) atoms. The molecule has 1 aromatic heterocycles. The lowest BCUT2D eigenvalue weighted by atomic mass is 10.2. The molecule has 1 aromatic rings. The number of carbonyl (C=O) groups excluding carboxylic acids is 1. The van der Waals surface area contributed by atoms with Crippen molar-refractivity contribution in [3.05, 3.63) is 53.6 Å². The zero-order chi connectivity index (χ0) is 17.4. The number of imidazole rings is 1. The molecule has 0 fully saturated rings. The molecule has 0 aliphatic heterocycles. The van der Waals surface area contributed by atoms with Crippen molar-refractivity contribution in [2.45, 2.75) is 27.3 Å². The zero-order valence-electron chi connectivity index (χ0n) is 14.4. The fourth-order valence-corrected chi connectivity index (χ4v) is 2.66. The minimum Gasteiger partial charge on any atom is -0.370 e. The van der Waals surface area contributed by atoms with Crippen LogP contribution in [0.5, 0.6) is 0 Å². The van der Waals surface area contributed by atoms with Gasteiger partial charge in [0.15, 0.2) is 5.69 Å². The van der Waals surface area contributed by atoms with Gasteiger partial charge in [0.2, 0.25) is 0 Å². The van der Waals surface area contributed by atoms with Crippen LogP contribution in [0, 0.1) is 0 Å². The summed E-state index contributed by atoms with van der Waals surface area (Å²) in [5.74, 6) is 0.301. The fraction of sp³-hybridized carbons (Fsp3) is 0.412. The molecule has 1 N–H and O–H groups in total. The van der Waals surface area contributed by atoms with Crippen LogP contribution in [-0.2, 0) is 13.6 Å². The van der Waals surface area contributed by atoms with E-state index < -0.39 is 0 Å². The Bertz CT molecular complexity index is 604. The second-order valence-electron chi connectivity index (χ2n) is 5.16. The van der Waals surface area contributed by atoms with E-state index >= 15 is 0 Å². The number of allylic oxidation sites excluding steroid dienone is 3. The minimum absolute atomic E-state index is 0.167. The molecule has 0 aliphatic rings. The van der Waals surface area contributed by atoms with Gasteiger partial charge in [0.1, 0.15) is 0 Å². The largest absolute Gasteiger partial charge is 0.370 e. The second-order valence-corrected chi connectivity index (χ2v) is 6.26. The molecule has 0 radical (unpaired) electrons. The average Bonchev–Trinajstić information content (AvgIpc) is 2.85. The number of hydrogen-bond acceptors (Lipinski definition) is 4. The van der Waals surface area contributed by atoms with Crippen LogP contribution >= 0.6 is 11.8 Å². The number of carbonyl (C=O) groups is 1. The Labute approximate surface area is 143 Å². The lowest BCUT2D eigenvalue weighted by Crippen LogP contribution is -2.27. The predicted molar refractivity (Wildman–Crippen MR) is 98.0 cm³/mol. The lowest BCUT2D eigenvalue weighted by molar-refractivity contribution is 0.0954. The van der Waals surface area contributed by atoms with Gasteiger partial charge in [-0.15, -0.1) is 11.8 Å². The Balaban J connectivity index is 2.74. The fourth-order valence-electron chi connectivity index (χ4n) is 2.04. The molecule has 0 bridgehead atoms.